The fraction of sp³-hybridized carbons (Fsp3) is 0.308. The van der Waals surface area contributed by atoms with Gasteiger partial charge >= 0.3 is 5.97 Å². The van der Waals surface area contributed by atoms with Gasteiger partial charge in [0, 0.05) is 17.2 Å². The summed E-state index contributed by atoms with van der Waals surface area (Å²) in [6.45, 7) is 0. The summed E-state index contributed by atoms with van der Waals surface area (Å²) in [5.41, 5.74) is 1.51. The molecule has 0 radical (unpaired) electrons. The van der Waals surface area contributed by atoms with E-state index < -0.39 is 0 Å². The van der Waals surface area contributed by atoms with Crippen molar-refractivity contribution in [1.82, 2.24) is 4.98 Å². The van der Waals surface area contributed by atoms with E-state index in [-0.39, 0.29) is 11.9 Å². The highest BCUT2D eigenvalue weighted by atomic mass is 32.1. The van der Waals surface area contributed by atoms with Crippen LogP contribution in [0.2, 0.25) is 0 Å². The molecule has 1 amide bonds. The number of rotatable bonds is 6. The number of esters is 1. The number of hydrogen-bond acceptors (Lipinski definition) is 6. The summed E-state index contributed by atoms with van der Waals surface area (Å²) < 4.78 is 4.57. The van der Waals surface area contributed by atoms with Crippen LogP contribution in [0.25, 0.3) is 0 Å². The Morgan fingerprint density at radius 3 is 2.95 bits per heavy atom. The van der Waals surface area contributed by atoms with Crippen LogP contribution in [0.15, 0.2) is 22.2 Å². The van der Waals surface area contributed by atoms with Crippen molar-refractivity contribution in [2.75, 3.05) is 12.4 Å². The van der Waals surface area contributed by atoms with E-state index in [4.69, 9.17) is 0 Å². The van der Waals surface area contributed by atoms with Crippen LogP contribution in [0.3, 0.4) is 0 Å². The van der Waals surface area contributed by atoms with Gasteiger partial charge in [0.25, 0.3) is 5.91 Å². The summed E-state index contributed by atoms with van der Waals surface area (Å²) >= 11 is 2.86. The van der Waals surface area contributed by atoms with E-state index in [2.05, 4.69) is 15.0 Å². The van der Waals surface area contributed by atoms with Crippen LogP contribution in [0.1, 0.15) is 28.9 Å². The summed E-state index contributed by atoms with van der Waals surface area (Å²) in [5.74, 6) is -0.368. The lowest BCUT2D eigenvalue weighted by Crippen LogP contribution is -2.10. The lowest BCUT2D eigenvalue weighted by molar-refractivity contribution is -0.140. The highest BCUT2D eigenvalue weighted by molar-refractivity contribution is 7.14. The second-order valence-electron chi connectivity index (χ2n) is 4.04. The lowest BCUT2D eigenvalue weighted by atomic mass is 10.2. The Morgan fingerprint density at radius 1 is 1.40 bits per heavy atom. The van der Waals surface area contributed by atoms with Gasteiger partial charge in [-0.05, 0) is 24.3 Å². The van der Waals surface area contributed by atoms with Gasteiger partial charge < -0.3 is 4.74 Å². The van der Waals surface area contributed by atoms with E-state index in [1.165, 1.54) is 29.8 Å². The maximum Gasteiger partial charge on any atom is 0.305 e. The topological polar surface area (TPSA) is 68.3 Å². The van der Waals surface area contributed by atoms with Gasteiger partial charge in [-0.3, -0.25) is 14.9 Å². The average Bonchev–Trinajstić information content (AvgIpc) is 3.10. The molecule has 7 heteroatoms. The molecule has 0 aromatic carbocycles. The van der Waals surface area contributed by atoms with Crippen molar-refractivity contribution >= 4 is 39.7 Å². The minimum absolute atomic E-state index is 0.151. The number of ether oxygens (including phenoxy) is 1. The molecule has 0 aliphatic heterocycles. The maximum atomic E-state index is 11.8. The molecule has 5 nitrogen and oxygen atoms in total. The number of anilines is 1. The van der Waals surface area contributed by atoms with Crippen LogP contribution in [0.5, 0.6) is 0 Å². The molecule has 2 rings (SSSR count). The van der Waals surface area contributed by atoms with Crippen molar-refractivity contribution in [2.24, 2.45) is 0 Å². The molecule has 0 spiro atoms. The molecule has 0 aliphatic rings. The quantitative estimate of drug-likeness (QED) is 0.833. The van der Waals surface area contributed by atoms with Crippen LogP contribution in [0.4, 0.5) is 5.13 Å². The van der Waals surface area contributed by atoms with Gasteiger partial charge in [0.1, 0.15) is 0 Å². The molecule has 2 aromatic rings. The Balaban J connectivity index is 1.83. The molecular weight excluding hydrogens is 296 g/mol. The summed E-state index contributed by atoms with van der Waals surface area (Å²) in [6.07, 6.45) is 1.76. The molecule has 0 saturated carbocycles. The van der Waals surface area contributed by atoms with Crippen LogP contribution >= 0.6 is 22.7 Å². The first kappa shape index (κ1) is 14.7. The number of thiazole rings is 1. The maximum absolute atomic E-state index is 11.8. The number of aryl methyl sites for hydroxylation is 1. The van der Waals surface area contributed by atoms with Gasteiger partial charge in [0.05, 0.1) is 18.4 Å². The summed E-state index contributed by atoms with van der Waals surface area (Å²) in [4.78, 5) is 27.1. The summed E-state index contributed by atoms with van der Waals surface area (Å²) in [5, 5.41) is 8.87. The van der Waals surface area contributed by atoms with Crippen molar-refractivity contribution in [3.8, 4) is 0 Å². The lowest BCUT2D eigenvalue weighted by Gasteiger charge is -1.99. The first-order valence-corrected chi connectivity index (χ1v) is 7.86. The zero-order valence-electron chi connectivity index (χ0n) is 10.9. The highest BCUT2D eigenvalue weighted by Crippen LogP contribution is 2.18. The first-order valence-electron chi connectivity index (χ1n) is 6.04. The first-order chi connectivity index (χ1) is 9.69. The number of carbonyl (C=O) groups is 2. The van der Waals surface area contributed by atoms with Crippen LogP contribution in [-0.2, 0) is 16.0 Å². The van der Waals surface area contributed by atoms with E-state index in [1.54, 1.807) is 11.4 Å². The molecule has 0 atom stereocenters. The number of methoxy groups -OCH3 is 1. The fourth-order valence-corrected chi connectivity index (χ4v) is 2.93. The Kier molecular flexibility index (Phi) is 5.25. The second kappa shape index (κ2) is 7.16. The normalized spacial score (nSPS) is 10.2. The third-order valence-electron chi connectivity index (χ3n) is 2.60. The molecule has 2 aromatic heterocycles. The zero-order valence-corrected chi connectivity index (χ0v) is 12.6. The summed E-state index contributed by atoms with van der Waals surface area (Å²) in [6, 6.07) is 1.77. The number of thiophene rings is 1. The monoisotopic (exact) mass is 310 g/mol. The number of nitrogens with one attached hydrogen (secondary N) is 1. The second-order valence-corrected chi connectivity index (χ2v) is 5.68. The van der Waals surface area contributed by atoms with E-state index in [9.17, 15) is 9.59 Å². The van der Waals surface area contributed by atoms with E-state index in [1.807, 2.05) is 10.8 Å². The largest absolute Gasteiger partial charge is 0.469 e. The Morgan fingerprint density at radius 2 is 2.25 bits per heavy atom. The molecule has 1 N–H and O–H groups in total. The number of aromatic nitrogens is 1. The van der Waals surface area contributed by atoms with Crippen molar-refractivity contribution in [1.29, 1.82) is 0 Å². The predicted octanol–water partition coefficient (Wildman–Crippen LogP) is 2.95. The highest BCUT2D eigenvalue weighted by Gasteiger charge is 2.09. The molecular formula is C13H14N2O3S2. The molecule has 2 heterocycles. The molecule has 106 valence electrons. The van der Waals surface area contributed by atoms with Gasteiger partial charge in [-0.2, -0.15) is 11.3 Å². The standard InChI is InChI=1S/C13H14N2O3S2/c1-18-11(16)4-2-3-10-8-20-13(14-10)15-12(17)9-5-6-19-7-9/h5-8H,2-4H2,1H3,(H,14,15,17). The minimum Gasteiger partial charge on any atom is -0.469 e. The third kappa shape index (κ3) is 4.14. The van der Waals surface area contributed by atoms with Gasteiger partial charge in [-0.1, -0.05) is 0 Å². The Hall–Kier alpha value is -1.73. The average molecular weight is 310 g/mol. The van der Waals surface area contributed by atoms with E-state index >= 15 is 0 Å². The minimum atomic E-state index is -0.216. The zero-order chi connectivity index (χ0) is 14.4. The van der Waals surface area contributed by atoms with Crippen LogP contribution < -0.4 is 5.32 Å². The molecule has 0 bridgehead atoms. The van der Waals surface area contributed by atoms with Crippen LogP contribution in [-0.4, -0.2) is 24.0 Å². The van der Waals surface area contributed by atoms with Gasteiger partial charge in [0.2, 0.25) is 0 Å². The molecule has 0 saturated heterocycles. The molecule has 0 unspecified atom stereocenters. The summed E-state index contributed by atoms with van der Waals surface area (Å²) in [7, 11) is 1.38. The Bertz CT molecular complexity index is 578. The van der Waals surface area contributed by atoms with Gasteiger partial charge in [-0.15, -0.1) is 11.3 Å². The number of hydrogen-bond donors (Lipinski definition) is 1. The van der Waals surface area contributed by atoms with Crippen molar-refractivity contribution < 1.29 is 14.3 Å². The molecule has 0 aliphatic carbocycles. The Labute approximate surface area is 124 Å². The van der Waals surface area contributed by atoms with Crippen molar-refractivity contribution in [3.05, 3.63) is 33.5 Å². The third-order valence-corrected chi connectivity index (χ3v) is 4.09. The number of nitrogens with zero attached hydrogens (tertiary/aromatic N) is 1. The SMILES string of the molecule is COC(=O)CCCc1csc(NC(=O)c2ccsc2)n1. The van der Waals surface area contributed by atoms with Gasteiger partial charge in [0.15, 0.2) is 5.13 Å². The van der Waals surface area contributed by atoms with Crippen molar-refractivity contribution in [3.63, 3.8) is 0 Å². The fourth-order valence-electron chi connectivity index (χ4n) is 1.56. The van der Waals surface area contributed by atoms with Gasteiger partial charge in [-0.25, -0.2) is 4.98 Å². The number of carbonyl (C=O) groups excluding carboxylic acids is 2. The van der Waals surface area contributed by atoms with E-state index in [0.717, 1.165) is 5.69 Å². The van der Waals surface area contributed by atoms with Crippen molar-refractivity contribution in [2.45, 2.75) is 19.3 Å². The number of amides is 1. The molecule has 20 heavy (non-hydrogen) atoms. The molecule has 0 fully saturated rings. The smallest absolute Gasteiger partial charge is 0.305 e. The predicted molar refractivity (Wildman–Crippen MR) is 79.3 cm³/mol. The van der Waals surface area contributed by atoms with Crippen LogP contribution in [0, 0.1) is 0 Å². The van der Waals surface area contributed by atoms with E-state index in [0.29, 0.717) is 30.0 Å².